The summed E-state index contributed by atoms with van der Waals surface area (Å²) in [5.74, 6) is 0. The lowest BCUT2D eigenvalue weighted by atomic mass is 9.91. The van der Waals surface area contributed by atoms with Gasteiger partial charge in [0, 0.05) is 27.7 Å². The molecule has 136 valence electrons. The van der Waals surface area contributed by atoms with E-state index < -0.39 is 0 Å². The highest BCUT2D eigenvalue weighted by molar-refractivity contribution is 6.30. The Morgan fingerprint density at radius 2 is 1.88 bits per heavy atom. The third-order valence-corrected chi connectivity index (χ3v) is 5.67. The van der Waals surface area contributed by atoms with Crippen LogP contribution in [-0.2, 0) is 19.3 Å². The number of halogens is 1. The lowest BCUT2D eigenvalue weighted by Crippen LogP contribution is -2.27. The molecule has 0 spiro atoms. The van der Waals surface area contributed by atoms with E-state index in [4.69, 9.17) is 17.3 Å². The molecule has 0 aliphatic heterocycles. The number of fused-ring (bicyclic) bond motifs is 3. The Labute approximate surface area is 159 Å². The second-order valence-corrected chi connectivity index (χ2v) is 7.65. The lowest BCUT2D eigenvalue weighted by Gasteiger charge is -2.24. The van der Waals surface area contributed by atoms with Crippen molar-refractivity contribution in [2.24, 2.45) is 5.73 Å². The van der Waals surface area contributed by atoms with Gasteiger partial charge in [0.05, 0.1) is 0 Å². The minimum atomic E-state index is 0.413. The van der Waals surface area contributed by atoms with E-state index in [-0.39, 0.29) is 0 Å². The monoisotopic (exact) mass is 367 g/mol. The van der Waals surface area contributed by atoms with Gasteiger partial charge in [-0.25, -0.2) is 0 Å². The number of benzene rings is 2. The van der Waals surface area contributed by atoms with Crippen LogP contribution in [0.4, 0.5) is 0 Å². The zero-order chi connectivity index (χ0) is 17.9. The number of hydrogen-bond acceptors (Lipinski definition) is 2. The molecule has 3 aromatic rings. The predicted molar refractivity (Wildman–Crippen MR) is 110 cm³/mol. The van der Waals surface area contributed by atoms with Crippen LogP contribution < -0.4 is 11.1 Å². The van der Waals surface area contributed by atoms with E-state index in [1.807, 2.05) is 12.1 Å². The van der Waals surface area contributed by atoms with Crippen LogP contribution in [0.1, 0.15) is 41.3 Å². The fraction of sp³-hybridized carbons (Fsp3) is 0.364. The Morgan fingerprint density at radius 1 is 1.08 bits per heavy atom. The number of aromatic nitrogens is 1. The summed E-state index contributed by atoms with van der Waals surface area (Å²) in [4.78, 5) is 3.68. The summed E-state index contributed by atoms with van der Waals surface area (Å²) in [7, 11) is 0. The molecular weight excluding hydrogens is 342 g/mol. The molecule has 4 heteroatoms. The number of hydrogen-bond donors (Lipinski definition) is 3. The second kappa shape index (κ2) is 7.83. The molecular formula is C22H26ClN3. The molecule has 0 fully saturated rings. The summed E-state index contributed by atoms with van der Waals surface area (Å²) < 4.78 is 0. The molecule has 0 bridgehead atoms. The third kappa shape index (κ3) is 3.66. The minimum Gasteiger partial charge on any atom is -0.357 e. The summed E-state index contributed by atoms with van der Waals surface area (Å²) in [6.45, 7) is 1.67. The van der Waals surface area contributed by atoms with Crippen molar-refractivity contribution in [1.29, 1.82) is 0 Å². The summed E-state index contributed by atoms with van der Waals surface area (Å²) in [5, 5.41) is 5.94. The van der Waals surface area contributed by atoms with Crippen molar-refractivity contribution in [3.63, 3.8) is 0 Å². The molecule has 1 aromatic heterocycles. The molecule has 3 nitrogen and oxygen atoms in total. The first-order chi connectivity index (χ1) is 12.7. The minimum absolute atomic E-state index is 0.413. The average molecular weight is 368 g/mol. The maximum absolute atomic E-state index is 5.97. The molecule has 1 heterocycles. The average Bonchev–Trinajstić information content (AvgIpc) is 3.03. The Kier molecular flexibility index (Phi) is 5.30. The van der Waals surface area contributed by atoms with Gasteiger partial charge in [0.2, 0.25) is 0 Å². The first-order valence-corrected chi connectivity index (χ1v) is 9.93. The number of nitrogens with two attached hydrogens (primary N) is 1. The quantitative estimate of drug-likeness (QED) is 0.599. The van der Waals surface area contributed by atoms with Crippen molar-refractivity contribution in [2.75, 3.05) is 13.1 Å². The van der Waals surface area contributed by atoms with Crippen molar-refractivity contribution in [2.45, 2.75) is 38.1 Å². The van der Waals surface area contributed by atoms with E-state index in [9.17, 15) is 0 Å². The first-order valence-electron chi connectivity index (χ1n) is 9.56. The molecule has 26 heavy (non-hydrogen) atoms. The van der Waals surface area contributed by atoms with Gasteiger partial charge < -0.3 is 16.0 Å². The van der Waals surface area contributed by atoms with Gasteiger partial charge in [-0.05, 0) is 86.1 Å². The number of rotatable bonds is 6. The van der Waals surface area contributed by atoms with E-state index in [2.05, 4.69) is 40.6 Å². The fourth-order valence-electron chi connectivity index (χ4n) is 4.08. The Morgan fingerprint density at radius 3 is 2.69 bits per heavy atom. The van der Waals surface area contributed by atoms with Crippen LogP contribution in [0.5, 0.6) is 0 Å². The van der Waals surface area contributed by atoms with E-state index in [1.165, 1.54) is 46.1 Å². The Bertz CT molecular complexity index is 882. The second-order valence-electron chi connectivity index (χ2n) is 7.21. The highest BCUT2D eigenvalue weighted by Crippen LogP contribution is 2.35. The summed E-state index contributed by atoms with van der Waals surface area (Å²) in [6, 6.07) is 15.3. The Hall–Kier alpha value is -1.81. The molecule has 1 aliphatic rings. The highest BCUT2D eigenvalue weighted by Gasteiger charge is 2.23. The zero-order valence-corrected chi connectivity index (χ0v) is 15.8. The van der Waals surface area contributed by atoms with Crippen LogP contribution in [-0.4, -0.2) is 18.1 Å². The maximum Gasteiger partial charge on any atom is 0.0476 e. The van der Waals surface area contributed by atoms with Crippen molar-refractivity contribution < 1.29 is 0 Å². The number of aryl methyl sites for hydroxylation is 1. The van der Waals surface area contributed by atoms with Crippen molar-refractivity contribution in [1.82, 2.24) is 10.3 Å². The van der Waals surface area contributed by atoms with Gasteiger partial charge in [-0.3, -0.25) is 0 Å². The topological polar surface area (TPSA) is 53.8 Å². The van der Waals surface area contributed by atoms with E-state index in [1.54, 1.807) is 0 Å². The van der Waals surface area contributed by atoms with Crippen LogP contribution in [0, 0.1) is 0 Å². The summed E-state index contributed by atoms with van der Waals surface area (Å²) >= 11 is 5.97. The van der Waals surface area contributed by atoms with Crippen molar-refractivity contribution >= 4 is 22.5 Å². The molecule has 4 rings (SSSR count). The Balaban J connectivity index is 1.49. The lowest BCUT2D eigenvalue weighted by molar-refractivity contribution is 0.456. The number of aromatic amines is 1. The van der Waals surface area contributed by atoms with E-state index >= 15 is 0 Å². The van der Waals surface area contributed by atoms with Crippen LogP contribution in [0.15, 0.2) is 42.5 Å². The molecule has 1 unspecified atom stereocenters. The number of nitrogens with one attached hydrogen (secondary N) is 2. The molecule has 0 saturated heterocycles. The van der Waals surface area contributed by atoms with Gasteiger partial charge in [-0.2, -0.15) is 0 Å². The molecule has 1 aliphatic carbocycles. The van der Waals surface area contributed by atoms with Crippen LogP contribution >= 0.6 is 11.6 Å². The van der Waals surface area contributed by atoms with Gasteiger partial charge in [0.25, 0.3) is 0 Å². The first kappa shape index (κ1) is 17.6. The molecule has 4 N–H and O–H groups in total. The van der Waals surface area contributed by atoms with Gasteiger partial charge in [0.15, 0.2) is 0 Å². The van der Waals surface area contributed by atoms with Crippen molar-refractivity contribution in [3.05, 3.63) is 69.9 Å². The van der Waals surface area contributed by atoms with Crippen molar-refractivity contribution in [3.8, 4) is 0 Å². The fourth-order valence-corrected chi connectivity index (χ4v) is 4.20. The van der Waals surface area contributed by atoms with Gasteiger partial charge in [-0.15, -0.1) is 0 Å². The molecule has 1 atom stereocenters. The SMILES string of the molecule is NCCc1ccc2[nH]c3c(c2c1)CCCC3NCCc1ccc(Cl)cc1. The normalized spacial score (nSPS) is 16.8. The van der Waals surface area contributed by atoms with E-state index in [0.29, 0.717) is 12.6 Å². The van der Waals surface area contributed by atoms with Gasteiger partial charge in [0.1, 0.15) is 0 Å². The van der Waals surface area contributed by atoms with Gasteiger partial charge >= 0.3 is 0 Å². The zero-order valence-electron chi connectivity index (χ0n) is 15.0. The largest absolute Gasteiger partial charge is 0.357 e. The van der Waals surface area contributed by atoms with Crippen LogP contribution in [0.25, 0.3) is 10.9 Å². The molecule has 0 saturated carbocycles. The van der Waals surface area contributed by atoms with Crippen LogP contribution in [0.3, 0.4) is 0 Å². The highest BCUT2D eigenvalue weighted by atomic mass is 35.5. The molecule has 2 aromatic carbocycles. The maximum atomic E-state index is 5.97. The molecule has 0 amide bonds. The van der Waals surface area contributed by atoms with E-state index in [0.717, 1.165) is 30.8 Å². The van der Waals surface area contributed by atoms with Gasteiger partial charge in [-0.1, -0.05) is 29.8 Å². The molecule has 0 radical (unpaired) electrons. The smallest absolute Gasteiger partial charge is 0.0476 e. The summed E-state index contributed by atoms with van der Waals surface area (Å²) in [6.07, 6.45) is 5.55. The predicted octanol–water partition coefficient (Wildman–Crippen LogP) is 4.53. The standard InChI is InChI=1S/C22H26ClN3/c23-17-7-4-15(5-8-17)11-13-25-21-3-1-2-18-19-14-16(10-12-24)6-9-20(19)26-22(18)21/h4-9,14,21,25-26H,1-3,10-13,24H2. The van der Waals surface area contributed by atoms with Crippen LogP contribution in [0.2, 0.25) is 5.02 Å². The number of H-pyrrole nitrogens is 1. The summed E-state index contributed by atoms with van der Waals surface area (Å²) in [5.41, 5.74) is 12.5. The third-order valence-electron chi connectivity index (χ3n) is 5.42.